The van der Waals surface area contributed by atoms with Gasteiger partial charge in [-0.1, -0.05) is 0 Å². The molecule has 4 aliphatic rings. The average molecular weight is 358 g/mol. The predicted octanol–water partition coefficient (Wildman–Crippen LogP) is 1.81. The molecule has 1 aromatic rings. The fourth-order valence-electron chi connectivity index (χ4n) is 4.68. The summed E-state index contributed by atoms with van der Waals surface area (Å²) in [6.07, 6.45) is 4.95. The van der Waals surface area contributed by atoms with Crippen molar-refractivity contribution in [3.63, 3.8) is 0 Å². The first-order chi connectivity index (χ1) is 12.4. The number of fused-ring (bicyclic) bond motifs is 2. The van der Waals surface area contributed by atoms with Gasteiger partial charge in [0.2, 0.25) is 0 Å². The topological polar surface area (TPSA) is 82.7 Å². The van der Waals surface area contributed by atoms with Crippen molar-refractivity contribution in [1.82, 2.24) is 4.98 Å². The molecule has 6 nitrogen and oxygen atoms in total. The summed E-state index contributed by atoms with van der Waals surface area (Å²) in [5.74, 6) is 0.845. The van der Waals surface area contributed by atoms with Crippen molar-refractivity contribution in [2.24, 2.45) is 17.6 Å². The summed E-state index contributed by atoms with van der Waals surface area (Å²) < 4.78 is 15.2. The lowest BCUT2D eigenvalue weighted by Gasteiger charge is -2.36. The summed E-state index contributed by atoms with van der Waals surface area (Å²) >= 11 is 0. The quantitative estimate of drug-likeness (QED) is 0.857. The van der Waals surface area contributed by atoms with E-state index in [0.717, 1.165) is 38.2 Å². The summed E-state index contributed by atoms with van der Waals surface area (Å²) in [5, 5.41) is 9.43. The highest BCUT2D eigenvalue weighted by molar-refractivity contribution is 5.89. The van der Waals surface area contributed by atoms with E-state index in [1.54, 1.807) is 13.1 Å². The second-order valence-electron chi connectivity index (χ2n) is 8.18. The van der Waals surface area contributed by atoms with Gasteiger partial charge in [-0.05, 0) is 43.6 Å². The Bertz CT molecular complexity index is 835. The second kappa shape index (κ2) is 5.42. The first-order valence-electron chi connectivity index (χ1n) is 9.36. The lowest BCUT2D eigenvalue weighted by Crippen LogP contribution is -2.46. The summed E-state index contributed by atoms with van der Waals surface area (Å²) in [7, 11) is 0. The number of nitrogens with two attached hydrogens (primary N) is 1. The Morgan fingerprint density at radius 1 is 1.35 bits per heavy atom. The van der Waals surface area contributed by atoms with Crippen LogP contribution < -0.4 is 15.5 Å². The molecular weight excluding hydrogens is 335 g/mol. The Morgan fingerprint density at radius 2 is 2.12 bits per heavy atom. The maximum Gasteiger partial charge on any atom is 0.333 e. The van der Waals surface area contributed by atoms with E-state index in [4.69, 9.17) is 10.7 Å². The van der Waals surface area contributed by atoms with Gasteiger partial charge < -0.3 is 20.6 Å². The van der Waals surface area contributed by atoms with Gasteiger partial charge >= 0.3 is 5.97 Å². The molecule has 2 aliphatic heterocycles. The van der Waals surface area contributed by atoms with E-state index in [0.29, 0.717) is 34.4 Å². The number of aliphatic carboxylic acids is 1. The van der Waals surface area contributed by atoms with Crippen LogP contribution >= 0.6 is 0 Å². The molecule has 0 bridgehead atoms. The largest absolute Gasteiger partial charge is 0.478 e. The number of carboxylic acids is 1. The monoisotopic (exact) mass is 358 g/mol. The molecule has 0 amide bonds. The fraction of sp³-hybridized carbons (Fsp3) is 0.579. The number of hydrogen-bond donors (Lipinski definition) is 2. The van der Waals surface area contributed by atoms with E-state index < -0.39 is 5.97 Å². The number of carbonyl (C=O) groups is 1. The van der Waals surface area contributed by atoms with E-state index in [1.807, 2.05) is 9.80 Å². The summed E-state index contributed by atoms with van der Waals surface area (Å²) in [4.78, 5) is 20.2. The number of aromatic nitrogens is 1. The van der Waals surface area contributed by atoms with Crippen LogP contribution in [0.25, 0.3) is 0 Å². The smallest absolute Gasteiger partial charge is 0.333 e. The molecule has 5 rings (SSSR count). The van der Waals surface area contributed by atoms with Crippen molar-refractivity contribution < 1.29 is 14.3 Å². The first kappa shape index (κ1) is 16.1. The molecule has 7 heteroatoms. The number of halogens is 1. The number of hydrogen-bond acceptors (Lipinski definition) is 5. The van der Waals surface area contributed by atoms with Gasteiger partial charge in [-0.3, -0.25) is 0 Å². The third kappa shape index (κ3) is 2.26. The van der Waals surface area contributed by atoms with Crippen LogP contribution in [0.5, 0.6) is 0 Å². The molecular formula is C19H23FN4O2. The maximum absolute atomic E-state index is 15.2. The zero-order valence-corrected chi connectivity index (χ0v) is 14.8. The average Bonchev–Trinajstić information content (AvgIpc) is 3.39. The van der Waals surface area contributed by atoms with Gasteiger partial charge in [0, 0.05) is 43.4 Å². The highest BCUT2D eigenvalue weighted by Crippen LogP contribution is 2.44. The van der Waals surface area contributed by atoms with Crippen LogP contribution in [0.2, 0.25) is 0 Å². The van der Waals surface area contributed by atoms with Gasteiger partial charge in [0.15, 0.2) is 11.6 Å². The molecule has 1 aromatic heterocycles. The van der Waals surface area contributed by atoms with E-state index in [1.165, 1.54) is 0 Å². The maximum atomic E-state index is 15.2. The molecule has 138 valence electrons. The van der Waals surface area contributed by atoms with Crippen LogP contribution in [0.15, 0.2) is 11.8 Å². The van der Waals surface area contributed by atoms with Gasteiger partial charge in [-0.2, -0.15) is 0 Å². The molecule has 0 unspecified atom stereocenters. The molecule has 2 saturated carbocycles. The van der Waals surface area contributed by atoms with Crippen molar-refractivity contribution in [3.05, 3.63) is 28.7 Å². The predicted molar refractivity (Wildman–Crippen MR) is 95.6 cm³/mol. The molecule has 0 aromatic carbocycles. The number of carboxylic acid groups (broad SMARTS) is 1. The van der Waals surface area contributed by atoms with Gasteiger partial charge in [0.25, 0.3) is 0 Å². The number of pyridine rings is 1. The van der Waals surface area contributed by atoms with Crippen LogP contribution in [0.1, 0.15) is 30.4 Å². The SMILES string of the molecule is Cc1c(F)c(N2C[C@H]3C[C@@H](N)[C@H]3C2)nc2c1CC(C(=O)O)=CN2C1CC1. The molecule has 26 heavy (non-hydrogen) atoms. The molecule has 1 saturated heterocycles. The lowest BCUT2D eigenvalue weighted by atomic mass is 9.72. The zero-order chi connectivity index (χ0) is 18.2. The minimum atomic E-state index is -0.949. The number of rotatable bonds is 3. The normalized spacial score (nSPS) is 29.8. The minimum absolute atomic E-state index is 0.218. The van der Waals surface area contributed by atoms with Crippen LogP contribution in [0, 0.1) is 24.6 Å². The van der Waals surface area contributed by atoms with Crippen molar-refractivity contribution in [1.29, 1.82) is 0 Å². The van der Waals surface area contributed by atoms with Crippen molar-refractivity contribution >= 4 is 17.6 Å². The molecule has 3 fully saturated rings. The van der Waals surface area contributed by atoms with Gasteiger partial charge in [-0.25, -0.2) is 14.2 Å². The van der Waals surface area contributed by atoms with Crippen molar-refractivity contribution in [2.45, 2.75) is 44.7 Å². The Kier molecular flexibility index (Phi) is 3.35. The molecule has 3 heterocycles. The Labute approximate surface area is 151 Å². The second-order valence-corrected chi connectivity index (χ2v) is 8.18. The fourth-order valence-corrected chi connectivity index (χ4v) is 4.68. The Hall–Kier alpha value is -2.15. The molecule has 3 N–H and O–H groups in total. The zero-order valence-electron chi connectivity index (χ0n) is 14.8. The Morgan fingerprint density at radius 3 is 2.73 bits per heavy atom. The van der Waals surface area contributed by atoms with Crippen molar-refractivity contribution in [3.8, 4) is 0 Å². The van der Waals surface area contributed by atoms with Crippen LogP contribution in [0.3, 0.4) is 0 Å². The van der Waals surface area contributed by atoms with Gasteiger partial charge in [-0.15, -0.1) is 0 Å². The van der Waals surface area contributed by atoms with Crippen molar-refractivity contribution in [2.75, 3.05) is 22.9 Å². The standard InChI is InChI=1S/C19H23FN4O2/c1-9-13-4-11(19(25)26)7-24(12-2-3-12)17(13)22-18(16(9)20)23-6-10-5-15(21)14(10)8-23/h7,10,12,14-15H,2-6,8,21H2,1H3,(H,25,26)/t10-,14+,15-/m1/s1. The third-order valence-electron chi connectivity index (χ3n) is 6.50. The summed E-state index contributed by atoms with van der Waals surface area (Å²) in [6.45, 7) is 3.30. The molecule has 3 atom stereocenters. The van der Waals surface area contributed by atoms with Crippen LogP contribution in [0.4, 0.5) is 16.0 Å². The first-order valence-corrected chi connectivity index (χ1v) is 9.36. The lowest BCUT2D eigenvalue weighted by molar-refractivity contribution is -0.132. The van der Waals surface area contributed by atoms with Gasteiger partial charge in [0.1, 0.15) is 5.82 Å². The summed E-state index contributed by atoms with van der Waals surface area (Å²) in [5.41, 5.74) is 7.61. The van der Waals surface area contributed by atoms with Crippen LogP contribution in [-0.2, 0) is 11.2 Å². The van der Waals surface area contributed by atoms with E-state index in [-0.39, 0.29) is 24.3 Å². The molecule has 2 aliphatic carbocycles. The highest BCUT2D eigenvalue weighted by atomic mass is 19.1. The van der Waals surface area contributed by atoms with E-state index >= 15 is 4.39 Å². The number of nitrogens with zero attached hydrogens (tertiary/aromatic N) is 3. The minimum Gasteiger partial charge on any atom is -0.478 e. The van der Waals surface area contributed by atoms with E-state index in [9.17, 15) is 9.90 Å². The van der Waals surface area contributed by atoms with E-state index in [2.05, 4.69) is 0 Å². The number of anilines is 2. The summed E-state index contributed by atoms with van der Waals surface area (Å²) in [6, 6.07) is 0.493. The Balaban J connectivity index is 1.56. The van der Waals surface area contributed by atoms with Gasteiger partial charge in [0.05, 0.1) is 5.57 Å². The molecule has 0 spiro atoms. The molecule has 0 radical (unpaired) electrons. The third-order valence-corrected chi connectivity index (χ3v) is 6.50. The highest BCUT2D eigenvalue weighted by Gasteiger charge is 2.46. The van der Waals surface area contributed by atoms with Crippen LogP contribution in [-0.4, -0.2) is 41.2 Å².